The molecule has 14 atom stereocenters. The predicted molar refractivity (Wildman–Crippen MR) is 214 cm³/mol. The highest BCUT2D eigenvalue weighted by Gasteiger charge is 2.62. The van der Waals surface area contributed by atoms with Gasteiger partial charge in [-0.3, -0.25) is 4.79 Å². The number of rotatable bonds is 12. The van der Waals surface area contributed by atoms with E-state index in [4.69, 9.17) is 34.0 Å². The number of likely N-dealkylation sites (N-methyl/N-ethyl adjacent to an activating group) is 1. The zero-order chi connectivity index (χ0) is 44.0. The van der Waals surface area contributed by atoms with Gasteiger partial charge in [0.05, 0.1) is 35.5 Å². The summed E-state index contributed by atoms with van der Waals surface area (Å²) in [7, 11) is 5.09. The lowest BCUT2D eigenvalue weighted by atomic mass is 9.72. The van der Waals surface area contributed by atoms with E-state index in [9.17, 15) is 24.3 Å². The molecule has 0 bridgehead atoms. The van der Waals surface area contributed by atoms with Crippen LogP contribution in [0.25, 0.3) is 10.4 Å². The van der Waals surface area contributed by atoms with Gasteiger partial charge in [0.2, 0.25) is 5.67 Å². The summed E-state index contributed by atoms with van der Waals surface area (Å²) >= 11 is 0. The van der Waals surface area contributed by atoms with E-state index < -0.39 is 102 Å². The molecule has 17 heteroatoms. The Balaban J connectivity index is 1.82. The predicted octanol–water partition coefficient (Wildman–Crippen LogP) is 6.03. The molecule has 3 aliphatic heterocycles. The van der Waals surface area contributed by atoms with Crippen molar-refractivity contribution in [3.8, 4) is 0 Å². The molecule has 0 aliphatic carbocycles. The molecule has 3 saturated heterocycles. The van der Waals surface area contributed by atoms with Crippen LogP contribution in [-0.4, -0.2) is 139 Å². The molecular weight excluding hydrogens is 769 g/mol. The second-order valence-corrected chi connectivity index (χ2v) is 17.2. The standard InChI is InChI=1S/C42H64FN5O11/c1-12-30-42(8)33(48(39(53)59-42)21-17-16-20-45-46-44)26(4)31(49)24(2)23-40(6,54-11)35(27(5)34(50)41(7,43)38(52)56-30)58-37-32(29(47(9)10)22-25(3)55-37)57-36(51)28-18-14-13-15-19-28/h13-15,18-19,24-27,29-30,32-35,37,50H,12,16-17,20-23H2,1-11H3/t24-,25-,26+,27+,29+,30-,32-,33-,34?,35-,37+,40+,41+,42-/m1/s1. The minimum Gasteiger partial charge on any atom is -0.456 e. The Morgan fingerprint density at radius 2 is 1.76 bits per heavy atom. The van der Waals surface area contributed by atoms with E-state index in [1.165, 1.54) is 18.9 Å². The third-order valence-electron chi connectivity index (χ3n) is 12.6. The molecule has 1 aromatic carbocycles. The Bertz CT molecular complexity index is 1680. The largest absolute Gasteiger partial charge is 0.456 e. The number of unbranched alkanes of at least 4 members (excludes halogenated alkanes) is 1. The number of Topliss-reactive ketones (excluding diaryl/α,β-unsaturated/α-hetero) is 1. The van der Waals surface area contributed by atoms with Crippen LogP contribution in [0.2, 0.25) is 0 Å². The van der Waals surface area contributed by atoms with E-state index in [0.717, 1.165) is 6.92 Å². The van der Waals surface area contributed by atoms with Gasteiger partial charge in [-0.2, -0.15) is 0 Å². The Morgan fingerprint density at radius 1 is 1.10 bits per heavy atom. The minimum atomic E-state index is -3.04. The highest BCUT2D eigenvalue weighted by molar-refractivity contribution is 5.89. The molecule has 1 amide bonds. The summed E-state index contributed by atoms with van der Waals surface area (Å²) < 4.78 is 54.5. The topological polar surface area (TPSA) is 199 Å². The molecule has 59 heavy (non-hydrogen) atoms. The van der Waals surface area contributed by atoms with Crippen LogP contribution in [0.3, 0.4) is 0 Å². The van der Waals surface area contributed by atoms with Crippen molar-refractivity contribution >= 4 is 23.8 Å². The zero-order valence-electron chi connectivity index (χ0n) is 36.3. The van der Waals surface area contributed by atoms with Crippen molar-refractivity contribution in [1.82, 2.24) is 9.80 Å². The summed E-state index contributed by atoms with van der Waals surface area (Å²) in [6, 6.07) is 7.09. The second kappa shape index (κ2) is 19.7. The average molecular weight is 834 g/mol. The number of hydrogen-bond acceptors (Lipinski definition) is 13. The molecule has 0 aromatic heterocycles. The second-order valence-electron chi connectivity index (χ2n) is 17.2. The summed E-state index contributed by atoms with van der Waals surface area (Å²) in [4.78, 5) is 62.0. The van der Waals surface area contributed by atoms with Crippen molar-refractivity contribution in [3.63, 3.8) is 0 Å². The number of nitrogens with zero attached hydrogens (tertiary/aromatic N) is 5. The first-order valence-electron chi connectivity index (χ1n) is 20.6. The highest BCUT2D eigenvalue weighted by Crippen LogP contribution is 2.44. The van der Waals surface area contributed by atoms with Gasteiger partial charge in [-0.05, 0) is 91.6 Å². The molecule has 1 aromatic rings. The first-order valence-corrected chi connectivity index (χ1v) is 20.6. The Kier molecular flexibility index (Phi) is 15.9. The number of ketones is 1. The molecule has 1 unspecified atom stereocenters. The molecule has 0 saturated carbocycles. The van der Waals surface area contributed by atoms with Crippen molar-refractivity contribution < 1.29 is 57.1 Å². The van der Waals surface area contributed by atoms with Crippen LogP contribution in [-0.2, 0) is 38.0 Å². The summed E-state index contributed by atoms with van der Waals surface area (Å²) in [6.07, 6.45) is -6.60. The lowest BCUT2D eigenvalue weighted by Crippen LogP contribution is -2.63. The molecule has 3 heterocycles. The fraction of sp³-hybridized carbons (Fsp3) is 0.762. The van der Waals surface area contributed by atoms with Crippen LogP contribution in [0.5, 0.6) is 0 Å². The van der Waals surface area contributed by atoms with Crippen molar-refractivity contribution in [2.75, 3.05) is 34.3 Å². The molecule has 1 N–H and O–H groups in total. The van der Waals surface area contributed by atoms with Gasteiger partial charge in [-0.25, -0.2) is 18.8 Å². The highest BCUT2D eigenvalue weighted by atomic mass is 19.1. The number of aliphatic hydroxyl groups excluding tert-OH is 1. The summed E-state index contributed by atoms with van der Waals surface area (Å²) in [6.45, 7) is 13.0. The van der Waals surface area contributed by atoms with Gasteiger partial charge >= 0.3 is 18.0 Å². The number of hydrogen-bond donors (Lipinski definition) is 1. The lowest BCUT2D eigenvalue weighted by Gasteiger charge is -2.49. The quantitative estimate of drug-likeness (QED) is 0.0642. The molecular formula is C42H64FN5O11. The first kappa shape index (κ1) is 47.8. The first-order chi connectivity index (χ1) is 27.7. The molecule has 3 aliphatic rings. The van der Waals surface area contributed by atoms with E-state index in [1.54, 1.807) is 65.0 Å². The van der Waals surface area contributed by atoms with Crippen molar-refractivity contribution in [2.24, 2.45) is 22.9 Å². The van der Waals surface area contributed by atoms with E-state index in [1.807, 2.05) is 25.9 Å². The van der Waals surface area contributed by atoms with E-state index in [-0.39, 0.29) is 31.7 Å². The van der Waals surface area contributed by atoms with Crippen molar-refractivity contribution in [1.29, 1.82) is 0 Å². The van der Waals surface area contributed by atoms with E-state index >= 15 is 4.39 Å². The fourth-order valence-electron chi connectivity index (χ4n) is 9.25. The summed E-state index contributed by atoms with van der Waals surface area (Å²) in [5, 5.41) is 15.5. The Morgan fingerprint density at radius 3 is 2.36 bits per heavy atom. The Hall–Kier alpha value is -3.86. The van der Waals surface area contributed by atoms with Gasteiger partial charge in [0.1, 0.15) is 18.0 Å². The number of esters is 2. The van der Waals surface area contributed by atoms with Crippen LogP contribution in [0.1, 0.15) is 97.9 Å². The van der Waals surface area contributed by atoms with Crippen LogP contribution >= 0.6 is 0 Å². The van der Waals surface area contributed by atoms with Crippen LogP contribution < -0.4 is 0 Å². The van der Waals surface area contributed by atoms with Crippen LogP contribution in [0.4, 0.5) is 9.18 Å². The monoisotopic (exact) mass is 833 g/mol. The van der Waals surface area contributed by atoms with Gasteiger partial charge in [-0.1, -0.05) is 51.0 Å². The van der Waals surface area contributed by atoms with Gasteiger partial charge in [-0.15, -0.1) is 0 Å². The number of ether oxygens (including phenoxy) is 6. The van der Waals surface area contributed by atoms with Gasteiger partial charge in [0, 0.05) is 42.9 Å². The third-order valence-corrected chi connectivity index (χ3v) is 12.6. The minimum absolute atomic E-state index is 0.0166. The SMILES string of the molecule is CC[C@H]1OC(=O)[C@@](C)(F)C(O)[C@H](C)[C@@H](O[C@@H]2O[C@H](C)C[C@H](N(C)C)[C@H]2OC(=O)c2ccccc2)[C@@](C)(OC)C[C@@H](C)C(=O)[C@H](C)[C@H]2N(CCCCN=[N+]=[N-])C(=O)O[C@]12C. The number of carbonyl (C=O) groups excluding carboxylic acids is 4. The molecule has 4 rings (SSSR count). The smallest absolute Gasteiger partial charge is 0.410 e. The molecule has 0 radical (unpaired) electrons. The summed E-state index contributed by atoms with van der Waals surface area (Å²) in [5.41, 5.74) is 2.91. The number of halogens is 1. The number of fused-ring (bicyclic) bond motifs is 1. The number of azide groups is 1. The normalized spacial score (nSPS) is 38.4. The van der Waals surface area contributed by atoms with Crippen LogP contribution in [0.15, 0.2) is 35.4 Å². The third kappa shape index (κ3) is 10.2. The number of alkyl halides is 1. The number of methoxy groups -OCH3 is 1. The molecule has 330 valence electrons. The Labute approximate surface area is 346 Å². The number of benzene rings is 1. The fourth-order valence-corrected chi connectivity index (χ4v) is 9.25. The average Bonchev–Trinajstić information content (AvgIpc) is 3.46. The number of aliphatic hydroxyl groups is 1. The van der Waals surface area contributed by atoms with Crippen LogP contribution in [0, 0.1) is 17.8 Å². The number of amides is 1. The molecule has 3 fully saturated rings. The number of cyclic esters (lactones) is 1. The molecule has 16 nitrogen and oxygen atoms in total. The summed E-state index contributed by atoms with van der Waals surface area (Å²) in [5.74, 6) is -5.17. The maximum absolute atomic E-state index is 17.1. The van der Waals surface area contributed by atoms with Crippen molar-refractivity contribution in [2.45, 2.75) is 153 Å². The van der Waals surface area contributed by atoms with E-state index in [0.29, 0.717) is 24.8 Å². The maximum Gasteiger partial charge on any atom is 0.410 e. The molecule has 0 spiro atoms. The van der Waals surface area contributed by atoms with Crippen molar-refractivity contribution in [3.05, 3.63) is 46.3 Å². The van der Waals surface area contributed by atoms with Gasteiger partial charge < -0.3 is 43.3 Å². The van der Waals surface area contributed by atoms with E-state index in [2.05, 4.69) is 10.0 Å². The van der Waals surface area contributed by atoms with Gasteiger partial charge in [0.15, 0.2) is 18.0 Å². The zero-order valence-corrected chi connectivity index (χ0v) is 36.3. The maximum atomic E-state index is 17.1. The van der Waals surface area contributed by atoms with Gasteiger partial charge in [0.25, 0.3) is 0 Å². The number of carbonyl (C=O) groups is 4. The lowest BCUT2D eigenvalue weighted by molar-refractivity contribution is -0.302.